The number of ether oxygens (including phenoxy) is 3. The van der Waals surface area contributed by atoms with E-state index in [1.807, 2.05) is 12.1 Å². The first-order chi connectivity index (χ1) is 15.9. The molecule has 1 aliphatic carbocycles. The van der Waals surface area contributed by atoms with Gasteiger partial charge in [-0.2, -0.15) is 0 Å². The molecule has 0 bridgehead atoms. The average molecular weight is 469 g/mol. The van der Waals surface area contributed by atoms with Gasteiger partial charge < -0.3 is 14.2 Å². The van der Waals surface area contributed by atoms with Gasteiger partial charge in [-0.3, -0.25) is 9.78 Å². The number of carbonyl (C=O) groups is 1. The van der Waals surface area contributed by atoms with E-state index in [0.29, 0.717) is 48.3 Å². The van der Waals surface area contributed by atoms with Crippen molar-refractivity contribution in [3.63, 3.8) is 0 Å². The van der Waals surface area contributed by atoms with Gasteiger partial charge in [0.25, 0.3) is 10.0 Å². The number of aromatic nitrogens is 1. The second-order valence-corrected chi connectivity index (χ2v) is 10.1. The minimum absolute atomic E-state index is 0.0166. The molecule has 1 N–H and O–H groups in total. The Kier molecular flexibility index (Phi) is 5.15. The number of nitrogens with one attached hydrogen (secondary N) is 1. The number of benzene rings is 2. The lowest BCUT2D eigenvalue weighted by atomic mass is 9.86. The van der Waals surface area contributed by atoms with E-state index < -0.39 is 26.9 Å². The molecule has 9 heteroatoms. The smallest absolute Gasteiger partial charge is 0.264 e. The first-order valence-electron chi connectivity index (χ1n) is 10.6. The number of amides is 1. The molecule has 3 aromatic rings. The van der Waals surface area contributed by atoms with Crippen molar-refractivity contribution in [3.8, 4) is 5.75 Å². The van der Waals surface area contributed by atoms with Gasteiger partial charge in [0, 0.05) is 24.3 Å². The van der Waals surface area contributed by atoms with Crippen molar-refractivity contribution in [1.82, 2.24) is 9.71 Å². The molecule has 1 aromatic heterocycles. The molecule has 1 amide bonds. The Labute approximate surface area is 191 Å². The van der Waals surface area contributed by atoms with Gasteiger partial charge >= 0.3 is 0 Å². The van der Waals surface area contributed by atoms with Crippen molar-refractivity contribution in [2.45, 2.75) is 28.8 Å². The SMILES string of the molecule is COc1ccc(C2(OC)COC2)cc1C1(C(=O)NS(=O)(=O)c2cccc3ncccc23)CC1. The lowest BCUT2D eigenvalue weighted by Crippen LogP contribution is -2.48. The van der Waals surface area contributed by atoms with E-state index in [1.54, 1.807) is 43.6 Å². The summed E-state index contributed by atoms with van der Waals surface area (Å²) in [6.45, 7) is 0.829. The van der Waals surface area contributed by atoms with Gasteiger partial charge in [-0.15, -0.1) is 0 Å². The highest BCUT2D eigenvalue weighted by Crippen LogP contribution is 2.53. The van der Waals surface area contributed by atoms with Crippen LogP contribution in [-0.4, -0.2) is 46.7 Å². The fourth-order valence-electron chi connectivity index (χ4n) is 4.38. The van der Waals surface area contributed by atoms with Crippen LogP contribution in [0.3, 0.4) is 0 Å². The molecule has 0 unspecified atom stereocenters. The largest absolute Gasteiger partial charge is 0.496 e. The predicted octanol–water partition coefficient (Wildman–Crippen LogP) is 2.65. The quantitative estimate of drug-likeness (QED) is 0.569. The molecule has 2 aliphatic rings. The summed E-state index contributed by atoms with van der Waals surface area (Å²) in [7, 11) is -0.963. The van der Waals surface area contributed by atoms with Crippen molar-refractivity contribution < 1.29 is 27.4 Å². The standard InChI is InChI=1S/C24H24N2O6S/c1-30-20-9-8-16(24(31-2)14-32-15-24)13-18(20)23(10-11-23)22(27)26-33(28,29)21-7-3-6-19-17(21)5-4-12-25-19/h3-9,12-13H,10-11,14-15H2,1-2H3,(H,26,27). The van der Waals surface area contributed by atoms with Crippen LogP contribution in [0.4, 0.5) is 0 Å². The number of nitrogens with zero attached hydrogens (tertiary/aromatic N) is 1. The minimum Gasteiger partial charge on any atom is -0.496 e. The molecule has 1 aliphatic heterocycles. The molecule has 0 radical (unpaired) electrons. The Balaban J connectivity index is 1.50. The second kappa shape index (κ2) is 7.79. The van der Waals surface area contributed by atoms with E-state index in [0.717, 1.165) is 5.56 Å². The van der Waals surface area contributed by atoms with Gasteiger partial charge in [0.2, 0.25) is 5.91 Å². The molecule has 0 spiro atoms. The third-order valence-electron chi connectivity index (χ3n) is 6.61. The van der Waals surface area contributed by atoms with Gasteiger partial charge in [-0.1, -0.05) is 12.1 Å². The molecule has 1 saturated heterocycles. The third kappa shape index (κ3) is 3.47. The molecule has 5 rings (SSSR count). The summed E-state index contributed by atoms with van der Waals surface area (Å²) in [6.07, 6.45) is 2.62. The highest BCUT2D eigenvalue weighted by atomic mass is 32.2. The van der Waals surface area contributed by atoms with Crippen molar-refractivity contribution in [2.75, 3.05) is 27.4 Å². The number of methoxy groups -OCH3 is 2. The molecule has 1 saturated carbocycles. The maximum Gasteiger partial charge on any atom is 0.264 e. The molecular formula is C24H24N2O6S. The van der Waals surface area contributed by atoms with Gasteiger partial charge in [-0.05, 0) is 54.8 Å². The number of carbonyl (C=O) groups excluding carboxylic acids is 1. The summed E-state index contributed by atoms with van der Waals surface area (Å²) in [5.41, 5.74) is 0.495. The number of fused-ring (bicyclic) bond motifs is 1. The van der Waals surface area contributed by atoms with Crippen molar-refractivity contribution in [2.24, 2.45) is 0 Å². The Morgan fingerprint density at radius 1 is 1.09 bits per heavy atom. The van der Waals surface area contributed by atoms with Crippen molar-refractivity contribution in [3.05, 3.63) is 65.9 Å². The van der Waals surface area contributed by atoms with Crippen LogP contribution in [0.15, 0.2) is 59.6 Å². The predicted molar refractivity (Wildman–Crippen MR) is 120 cm³/mol. The Morgan fingerprint density at radius 2 is 1.88 bits per heavy atom. The van der Waals surface area contributed by atoms with Gasteiger partial charge in [-0.25, -0.2) is 13.1 Å². The molecule has 2 heterocycles. The first kappa shape index (κ1) is 21.8. The average Bonchev–Trinajstić information content (AvgIpc) is 3.60. The van der Waals surface area contributed by atoms with Gasteiger partial charge in [0.1, 0.15) is 11.4 Å². The van der Waals surface area contributed by atoms with E-state index in [-0.39, 0.29) is 4.90 Å². The fourth-order valence-corrected chi connectivity index (χ4v) is 5.65. The molecule has 0 atom stereocenters. The highest BCUT2D eigenvalue weighted by molar-refractivity contribution is 7.90. The highest BCUT2D eigenvalue weighted by Gasteiger charge is 2.55. The van der Waals surface area contributed by atoms with Gasteiger partial charge in [0.15, 0.2) is 0 Å². The minimum atomic E-state index is -4.12. The van der Waals surface area contributed by atoms with E-state index in [4.69, 9.17) is 14.2 Å². The van der Waals surface area contributed by atoms with Crippen molar-refractivity contribution >= 4 is 26.8 Å². The molecule has 2 aromatic carbocycles. The zero-order valence-electron chi connectivity index (χ0n) is 18.3. The summed E-state index contributed by atoms with van der Waals surface area (Å²) in [4.78, 5) is 17.6. The fraction of sp³-hybridized carbons (Fsp3) is 0.333. The Morgan fingerprint density at radius 3 is 2.52 bits per heavy atom. The summed E-state index contributed by atoms with van der Waals surface area (Å²) >= 11 is 0. The van der Waals surface area contributed by atoms with Crippen LogP contribution in [0, 0.1) is 0 Å². The molecule has 172 valence electrons. The van der Waals surface area contributed by atoms with Crippen LogP contribution in [0.2, 0.25) is 0 Å². The topological polar surface area (TPSA) is 104 Å². The number of hydrogen-bond donors (Lipinski definition) is 1. The first-order valence-corrected chi connectivity index (χ1v) is 12.1. The number of pyridine rings is 1. The molecule has 8 nitrogen and oxygen atoms in total. The summed E-state index contributed by atoms with van der Waals surface area (Å²) in [6, 6.07) is 13.7. The van der Waals surface area contributed by atoms with E-state index in [1.165, 1.54) is 13.2 Å². The molecule has 2 fully saturated rings. The van der Waals surface area contributed by atoms with Crippen LogP contribution >= 0.6 is 0 Å². The summed E-state index contributed by atoms with van der Waals surface area (Å²) < 4.78 is 45.3. The van der Waals surface area contributed by atoms with Crippen LogP contribution < -0.4 is 9.46 Å². The third-order valence-corrected chi connectivity index (χ3v) is 8.00. The Bertz CT molecular complexity index is 1340. The monoisotopic (exact) mass is 468 g/mol. The summed E-state index contributed by atoms with van der Waals surface area (Å²) in [5.74, 6) is -0.0418. The number of rotatable bonds is 7. The normalized spacial score (nSPS) is 18.4. The van der Waals surface area contributed by atoms with Crippen molar-refractivity contribution in [1.29, 1.82) is 0 Å². The molecule has 33 heavy (non-hydrogen) atoms. The maximum absolute atomic E-state index is 13.4. The Hall–Kier alpha value is -3.01. The maximum atomic E-state index is 13.4. The lowest BCUT2D eigenvalue weighted by molar-refractivity contribution is -0.202. The second-order valence-electron chi connectivity index (χ2n) is 8.45. The van der Waals surface area contributed by atoms with Crippen LogP contribution in [0.5, 0.6) is 5.75 Å². The number of sulfonamides is 1. The summed E-state index contributed by atoms with van der Waals surface area (Å²) in [5, 5.41) is 0.455. The van der Waals surface area contributed by atoms with Crippen LogP contribution in [0.25, 0.3) is 10.9 Å². The number of hydrogen-bond acceptors (Lipinski definition) is 7. The van der Waals surface area contributed by atoms with Gasteiger partial charge in [0.05, 0.1) is 36.2 Å². The van der Waals surface area contributed by atoms with E-state index >= 15 is 0 Å². The lowest BCUT2D eigenvalue weighted by Gasteiger charge is -2.40. The molecular weight excluding hydrogens is 444 g/mol. The van der Waals surface area contributed by atoms with E-state index in [2.05, 4.69) is 9.71 Å². The van der Waals surface area contributed by atoms with Crippen LogP contribution in [0.1, 0.15) is 24.0 Å². The zero-order valence-corrected chi connectivity index (χ0v) is 19.1. The zero-order chi connectivity index (χ0) is 23.3. The van der Waals surface area contributed by atoms with E-state index in [9.17, 15) is 13.2 Å². The van der Waals surface area contributed by atoms with Crippen LogP contribution in [-0.2, 0) is 35.3 Å².